The minimum atomic E-state index is -0.00832. The van der Waals surface area contributed by atoms with Gasteiger partial charge in [0.25, 0.3) is 0 Å². The molecule has 0 atom stereocenters. The lowest BCUT2D eigenvalue weighted by molar-refractivity contribution is -0.116. The molecule has 114 valence electrons. The maximum absolute atomic E-state index is 11.9. The van der Waals surface area contributed by atoms with Gasteiger partial charge in [0.05, 0.1) is 24.6 Å². The van der Waals surface area contributed by atoms with Crippen molar-refractivity contribution in [2.75, 3.05) is 26.0 Å². The quantitative estimate of drug-likeness (QED) is 0.817. The van der Waals surface area contributed by atoms with Gasteiger partial charge in [-0.2, -0.15) is 10.2 Å². The Morgan fingerprint density at radius 3 is 2.76 bits per heavy atom. The topological polar surface area (TPSA) is 68.0 Å². The van der Waals surface area contributed by atoms with Gasteiger partial charge >= 0.3 is 0 Å². The van der Waals surface area contributed by atoms with Crippen LogP contribution in [0.5, 0.6) is 0 Å². The SMILES string of the molecule is CN(C)CCn1cc(NC(=O)CCc2cnn(C)c2)cn1. The Labute approximate surface area is 124 Å². The number of hydrogen-bond donors (Lipinski definition) is 1. The third-order valence-electron chi connectivity index (χ3n) is 3.09. The molecule has 2 aromatic heterocycles. The lowest BCUT2D eigenvalue weighted by atomic mass is 10.2. The average molecular weight is 290 g/mol. The van der Waals surface area contributed by atoms with Crippen LogP contribution in [0, 0.1) is 0 Å². The van der Waals surface area contributed by atoms with Crippen LogP contribution >= 0.6 is 0 Å². The van der Waals surface area contributed by atoms with E-state index in [-0.39, 0.29) is 5.91 Å². The Morgan fingerprint density at radius 1 is 1.29 bits per heavy atom. The van der Waals surface area contributed by atoms with E-state index in [1.165, 1.54) is 0 Å². The van der Waals surface area contributed by atoms with E-state index in [1.807, 2.05) is 38.2 Å². The second-order valence-electron chi connectivity index (χ2n) is 5.37. The molecule has 1 amide bonds. The van der Waals surface area contributed by atoms with Crippen molar-refractivity contribution in [2.45, 2.75) is 19.4 Å². The van der Waals surface area contributed by atoms with Gasteiger partial charge in [-0.25, -0.2) is 0 Å². The highest BCUT2D eigenvalue weighted by Gasteiger charge is 2.06. The molecule has 0 saturated carbocycles. The zero-order valence-corrected chi connectivity index (χ0v) is 12.8. The molecule has 0 saturated heterocycles. The fourth-order valence-electron chi connectivity index (χ4n) is 1.94. The number of nitrogens with one attached hydrogen (secondary N) is 1. The van der Waals surface area contributed by atoms with Gasteiger partial charge in [0.2, 0.25) is 5.91 Å². The largest absolute Gasteiger partial charge is 0.323 e. The van der Waals surface area contributed by atoms with Crippen LogP contribution in [0.4, 0.5) is 5.69 Å². The molecule has 0 spiro atoms. The van der Waals surface area contributed by atoms with E-state index >= 15 is 0 Å². The lowest BCUT2D eigenvalue weighted by Gasteiger charge is -2.08. The van der Waals surface area contributed by atoms with E-state index in [2.05, 4.69) is 20.4 Å². The van der Waals surface area contributed by atoms with Crippen molar-refractivity contribution < 1.29 is 4.79 Å². The summed E-state index contributed by atoms with van der Waals surface area (Å²) in [5.41, 5.74) is 1.80. The Kier molecular flexibility index (Phi) is 5.10. The Bertz CT molecular complexity index is 586. The van der Waals surface area contributed by atoms with Gasteiger partial charge < -0.3 is 10.2 Å². The van der Waals surface area contributed by atoms with Gasteiger partial charge in [0.1, 0.15) is 0 Å². The number of anilines is 1. The minimum absolute atomic E-state index is 0.00832. The van der Waals surface area contributed by atoms with Crippen molar-refractivity contribution >= 4 is 11.6 Å². The Morgan fingerprint density at radius 2 is 2.10 bits per heavy atom. The van der Waals surface area contributed by atoms with E-state index in [0.29, 0.717) is 12.8 Å². The van der Waals surface area contributed by atoms with E-state index in [1.54, 1.807) is 17.1 Å². The predicted molar refractivity (Wildman–Crippen MR) is 80.9 cm³/mol. The van der Waals surface area contributed by atoms with Crippen LogP contribution in [0.1, 0.15) is 12.0 Å². The van der Waals surface area contributed by atoms with Crippen LogP contribution in [0.3, 0.4) is 0 Å². The van der Waals surface area contributed by atoms with Crippen molar-refractivity contribution in [2.24, 2.45) is 7.05 Å². The van der Waals surface area contributed by atoms with Crippen LogP contribution in [0.2, 0.25) is 0 Å². The number of carbonyl (C=O) groups excluding carboxylic acids is 1. The summed E-state index contributed by atoms with van der Waals surface area (Å²) in [6.07, 6.45) is 8.37. The zero-order valence-electron chi connectivity index (χ0n) is 12.8. The molecule has 7 nitrogen and oxygen atoms in total. The molecule has 21 heavy (non-hydrogen) atoms. The number of carbonyl (C=O) groups is 1. The number of aryl methyl sites for hydroxylation is 2. The van der Waals surface area contributed by atoms with Crippen molar-refractivity contribution in [3.05, 3.63) is 30.4 Å². The number of amides is 1. The number of likely N-dealkylation sites (N-methyl/N-ethyl adjacent to an activating group) is 1. The normalized spacial score (nSPS) is 11.0. The summed E-state index contributed by atoms with van der Waals surface area (Å²) in [7, 11) is 5.90. The van der Waals surface area contributed by atoms with Crippen molar-refractivity contribution in [1.29, 1.82) is 0 Å². The van der Waals surface area contributed by atoms with E-state index in [0.717, 1.165) is 24.3 Å². The predicted octanol–water partition coefficient (Wildman–Crippen LogP) is 0.749. The van der Waals surface area contributed by atoms with Crippen LogP contribution in [-0.2, 0) is 24.8 Å². The molecule has 0 fully saturated rings. The third kappa shape index (κ3) is 5.03. The summed E-state index contributed by atoms with van der Waals surface area (Å²) in [5, 5.41) is 11.2. The van der Waals surface area contributed by atoms with Crippen LogP contribution < -0.4 is 5.32 Å². The molecule has 2 heterocycles. The smallest absolute Gasteiger partial charge is 0.224 e. The summed E-state index contributed by atoms with van der Waals surface area (Å²) in [6.45, 7) is 1.72. The highest BCUT2D eigenvalue weighted by Crippen LogP contribution is 2.07. The number of aromatic nitrogens is 4. The molecule has 0 radical (unpaired) electrons. The monoisotopic (exact) mass is 290 g/mol. The van der Waals surface area contributed by atoms with Crippen molar-refractivity contribution in [1.82, 2.24) is 24.5 Å². The van der Waals surface area contributed by atoms with Crippen LogP contribution in [0.25, 0.3) is 0 Å². The van der Waals surface area contributed by atoms with Gasteiger partial charge in [-0.15, -0.1) is 0 Å². The van der Waals surface area contributed by atoms with E-state index < -0.39 is 0 Å². The maximum atomic E-state index is 11.9. The highest BCUT2D eigenvalue weighted by atomic mass is 16.1. The third-order valence-corrected chi connectivity index (χ3v) is 3.09. The summed E-state index contributed by atoms with van der Waals surface area (Å²) >= 11 is 0. The van der Waals surface area contributed by atoms with E-state index in [4.69, 9.17) is 0 Å². The number of nitrogens with zero attached hydrogens (tertiary/aromatic N) is 5. The Hall–Kier alpha value is -2.15. The van der Waals surface area contributed by atoms with Gasteiger partial charge in [-0.1, -0.05) is 0 Å². The summed E-state index contributed by atoms with van der Waals surface area (Å²) in [4.78, 5) is 14.0. The second kappa shape index (κ2) is 7.03. The molecule has 0 unspecified atom stereocenters. The zero-order chi connectivity index (χ0) is 15.2. The molecule has 1 N–H and O–H groups in total. The first-order chi connectivity index (χ1) is 10.0. The highest BCUT2D eigenvalue weighted by molar-refractivity contribution is 5.90. The van der Waals surface area contributed by atoms with Gasteiger partial charge in [-0.05, 0) is 26.1 Å². The summed E-state index contributed by atoms with van der Waals surface area (Å²) in [5.74, 6) is -0.00832. The molecular weight excluding hydrogens is 268 g/mol. The average Bonchev–Trinajstić information content (AvgIpc) is 3.03. The molecule has 2 aromatic rings. The summed E-state index contributed by atoms with van der Waals surface area (Å²) in [6, 6.07) is 0. The summed E-state index contributed by atoms with van der Waals surface area (Å²) < 4.78 is 3.57. The standard InChI is InChI=1S/C14H22N6O/c1-18(2)6-7-20-11-13(9-16-20)17-14(21)5-4-12-8-15-19(3)10-12/h8-11H,4-7H2,1-3H3,(H,17,21). The van der Waals surface area contributed by atoms with Crippen LogP contribution in [-0.4, -0.2) is 51.0 Å². The fraction of sp³-hybridized carbons (Fsp3) is 0.500. The second-order valence-corrected chi connectivity index (χ2v) is 5.37. The lowest BCUT2D eigenvalue weighted by Crippen LogP contribution is -2.18. The molecule has 0 bridgehead atoms. The molecule has 0 aromatic carbocycles. The molecule has 7 heteroatoms. The fourth-order valence-corrected chi connectivity index (χ4v) is 1.94. The first-order valence-electron chi connectivity index (χ1n) is 6.97. The van der Waals surface area contributed by atoms with Gasteiger partial charge in [-0.3, -0.25) is 14.2 Å². The first kappa shape index (κ1) is 15.2. The minimum Gasteiger partial charge on any atom is -0.323 e. The van der Waals surface area contributed by atoms with Gasteiger partial charge in [0, 0.05) is 32.4 Å². The van der Waals surface area contributed by atoms with E-state index in [9.17, 15) is 4.79 Å². The number of hydrogen-bond acceptors (Lipinski definition) is 4. The Balaban J connectivity index is 1.77. The van der Waals surface area contributed by atoms with Crippen LogP contribution in [0.15, 0.2) is 24.8 Å². The number of rotatable bonds is 7. The molecule has 0 aliphatic heterocycles. The first-order valence-corrected chi connectivity index (χ1v) is 6.97. The van der Waals surface area contributed by atoms with Crippen molar-refractivity contribution in [3.8, 4) is 0 Å². The molecule has 2 rings (SSSR count). The molecule has 0 aliphatic rings. The maximum Gasteiger partial charge on any atom is 0.224 e. The van der Waals surface area contributed by atoms with Crippen molar-refractivity contribution in [3.63, 3.8) is 0 Å². The molecule has 0 aliphatic carbocycles. The molecular formula is C14H22N6O. The van der Waals surface area contributed by atoms with Gasteiger partial charge in [0.15, 0.2) is 0 Å².